The average Bonchev–Trinajstić information content (AvgIpc) is 2.39. The van der Waals surface area contributed by atoms with Gasteiger partial charge in [0.15, 0.2) is 0 Å². The summed E-state index contributed by atoms with van der Waals surface area (Å²) in [5.74, 6) is 0. The normalized spacial score (nSPS) is 13.1. The van der Waals surface area contributed by atoms with E-state index in [1.807, 2.05) is 19.1 Å². The Hall–Kier alpha value is -1.68. The van der Waals surface area contributed by atoms with Crippen LogP contribution in [0, 0.1) is 0 Å². The zero-order valence-electron chi connectivity index (χ0n) is 10.7. The van der Waals surface area contributed by atoms with Crippen LogP contribution >= 0.6 is 11.6 Å². The van der Waals surface area contributed by atoms with Gasteiger partial charge in [0, 0.05) is 16.8 Å². The number of alkyl halides is 3. The summed E-state index contributed by atoms with van der Waals surface area (Å²) in [6.07, 6.45) is -4.31. The van der Waals surface area contributed by atoms with Gasteiger partial charge in [-0.3, -0.25) is 0 Å². The van der Waals surface area contributed by atoms with E-state index in [1.165, 1.54) is 12.1 Å². The van der Waals surface area contributed by atoms with Gasteiger partial charge in [0.05, 0.1) is 5.56 Å². The van der Waals surface area contributed by atoms with Gasteiger partial charge >= 0.3 is 6.18 Å². The van der Waals surface area contributed by atoms with E-state index >= 15 is 0 Å². The zero-order valence-corrected chi connectivity index (χ0v) is 11.5. The van der Waals surface area contributed by atoms with Crippen molar-refractivity contribution < 1.29 is 13.2 Å². The molecule has 0 aliphatic carbocycles. The lowest BCUT2D eigenvalue weighted by Crippen LogP contribution is -2.08. The molecule has 1 N–H and O–H groups in total. The third-order valence-electron chi connectivity index (χ3n) is 2.97. The minimum Gasteiger partial charge on any atom is -0.379 e. The molecule has 20 heavy (non-hydrogen) atoms. The van der Waals surface area contributed by atoms with Crippen LogP contribution in [-0.4, -0.2) is 0 Å². The van der Waals surface area contributed by atoms with Crippen molar-refractivity contribution in [3.63, 3.8) is 0 Å². The van der Waals surface area contributed by atoms with E-state index in [0.29, 0.717) is 10.7 Å². The molecule has 0 saturated heterocycles. The van der Waals surface area contributed by atoms with Gasteiger partial charge in [-0.25, -0.2) is 0 Å². The van der Waals surface area contributed by atoms with Crippen LogP contribution < -0.4 is 5.32 Å². The summed E-state index contributed by atoms with van der Waals surface area (Å²) < 4.78 is 37.4. The lowest BCUT2D eigenvalue weighted by Gasteiger charge is -2.16. The second-order valence-electron chi connectivity index (χ2n) is 4.49. The molecule has 0 bridgehead atoms. The summed E-state index contributed by atoms with van der Waals surface area (Å²) in [4.78, 5) is 0. The molecule has 2 rings (SSSR count). The van der Waals surface area contributed by atoms with Crippen LogP contribution in [0.15, 0.2) is 48.5 Å². The van der Waals surface area contributed by atoms with Gasteiger partial charge in [-0.2, -0.15) is 13.2 Å². The lowest BCUT2D eigenvalue weighted by molar-refractivity contribution is -0.137. The van der Waals surface area contributed by atoms with Crippen molar-refractivity contribution in [2.75, 3.05) is 5.32 Å². The maximum atomic E-state index is 12.5. The van der Waals surface area contributed by atoms with Crippen molar-refractivity contribution >= 4 is 17.3 Å². The summed E-state index contributed by atoms with van der Waals surface area (Å²) in [5, 5.41) is 3.79. The number of anilines is 1. The maximum absolute atomic E-state index is 12.5. The summed E-state index contributed by atoms with van der Waals surface area (Å²) in [6, 6.07) is 12.3. The monoisotopic (exact) mass is 299 g/mol. The van der Waals surface area contributed by atoms with Gasteiger partial charge in [-0.05, 0) is 48.9 Å². The molecule has 2 aromatic carbocycles. The fourth-order valence-electron chi connectivity index (χ4n) is 1.84. The Morgan fingerprint density at radius 3 is 2.00 bits per heavy atom. The van der Waals surface area contributed by atoms with Crippen molar-refractivity contribution in [2.45, 2.75) is 19.1 Å². The molecular weight excluding hydrogens is 287 g/mol. The summed E-state index contributed by atoms with van der Waals surface area (Å²) >= 11 is 5.81. The maximum Gasteiger partial charge on any atom is 0.416 e. The van der Waals surface area contributed by atoms with Crippen LogP contribution in [0.1, 0.15) is 24.1 Å². The minimum absolute atomic E-state index is 0.0241. The fourth-order valence-corrected chi connectivity index (χ4v) is 1.97. The quantitative estimate of drug-likeness (QED) is 0.785. The van der Waals surface area contributed by atoms with E-state index in [-0.39, 0.29) is 6.04 Å². The molecule has 1 atom stereocenters. The van der Waals surface area contributed by atoms with E-state index in [2.05, 4.69) is 5.32 Å². The molecule has 1 nitrogen and oxygen atoms in total. The van der Waals surface area contributed by atoms with Crippen molar-refractivity contribution in [1.29, 1.82) is 0 Å². The van der Waals surface area contributed by atoms with Crippen LogP contribution in [0.2, 0.25) is 5.02 Å². The van der Waals surface area contributed by atoms with Gasteiger partial charge < -0.3 is 5.32 Å². The molecule has 0 amide bonds. The Bertz CT molecular complexity index is 561. The van der Waals surface area contributed by atoms with Gasteiger partial charge in [0.1, 0.15) is 0 Å². The molecule has 0 radical (unpaired) electrons. The number of benzene rings is 2. The summed E-state index contributed by atoms with van der Waals surface area (Å²) in [6.45, 7) is 1.93. The zero-order chi connectivity index (χ0) is 14.8. The number of rotatable bonds is 3. The number of hydrogen-bond acceptors (Lipinski definition) is 1. The smallest absolute Gasteiger partial charge is 0.379 e. The highest BCUT2D eigenvalue weighted by molar-refractivity contribution is 6.30. The van der Waals surface area contributed by atoms with E-state index < -0.39 is 11.7 Å². The molecule has 0 aliphatic rings. The second kappa shape index (κ2) is 5.75. The van der Waals surface area contributed by atoms with Crippen molar-refractivity contribution in [3.05, 3.63) is 64.7 Å². The molecule has 0 heterocycles. The van der Waals surface area contributed by atoms with E-state index in [1.54, 1.807) is 12.1 Å². The number of nitrogens with one attached hydrogen (secondary N) is 1. The van der Waals surface area contributed by atoms with Crippen LogP contribution in [0.5, 0.6) is 0 Å². The van der Waals surface area contributed by atoms with Crippen LogP contribution in [0.3, 0.4) is 0 Å². The molecule has 1 unspecified atom stereocenters. The highest BCUT2D eigenvalue weighted by Gasteiger charge is 2.29. The van der Waals surface area contributed by atoms with Crippen molar-refractivity contribution in [1.82, 2.24) is 0 Å². The highest BCUT2D eigenvalue weighted by atomic mass is 35.5. The third kappa shape index (κ3) is 3.67. The number of halogens is 4. The Labute approximate surface area is 120 Å². The van der Waals surface area contributed by atoms with Crippen LogP contribution in [0.4, 0.5) is 18.9 Å². The largest absolute Gasteiger partial charge is 0.416 e. The van der Waals surface area contributed by atoms with Crippen molar-refractivity contribution in [2.24, 2.45) is 0 Å². The van der Waals surface area contributed by atoms with E-state index in [4.69, 9.17) is 11.6 Å². The predicted molar refractivity (Wildman–Crippen MR) is 74.9 cm³/mol. The van der Waals surface area contributed by atoms with Gasteiger partial charge in [-0.15, -0.1) is 0 Å². The van der Waals surface area contributed by atoms with Gasteiger partial charge in [-0.1, -0.05) is 23.7 Å². The summed E-state index contributed by atoms with van der Waals surface area (Å²) in [7, 11) is 0. The highest BCUT2D eigenvalue weighted by Crippen LogP contribution is 2.30. The van der Waals surface area contributed by atoms with Gasteiger partial charge in [0.2, 0.25) is 0 Å². The molecule has 2 aromatic rings. The molecule has 0 spiro atoms. The topological polar surface area (TPSA) is 12.0 Å². The first kappa shape index (κ1) is 14.7. The van der Waals surface area contributed by atoms with Crippen LogP contribution in [0.25, 0.3) is 0 Å². The molecule has 0 saturated carbocycles. The molecule has 0 fully saturated rings. The Morgan fingerprint density at radius 2 is 1.50 bits per heavy atom. The Balaban J connectivity index is 2.08. The third-order valence-corrected chi connectivity index (χ3v) is 3.22. The first-order valence-corrected chi connectivity index (χ1v) is 6.43. The van der Waals surface area contributed by atoms with Crippen molar-refractivity contribution in [3.8, 4) is 0 Å². The number of hydrogen-bond donors (Lipinski definition) is 1. The first-order valence-electron chi connectivity index (χ1n) is 6.05. The van der Waals surface area contributed by atoms with Gasteiger partial charge in [0.25, 0.3) is 0 Å². The van der Waals surface area contributed by atoms with Crippen LogP contribution in [-0.2, 0) is 6.18 Å². The Kier molecular flexibility index (Phi) is 4.23. The van der Waals surface area contributed by atoms with E-state index in [9.17, 15) is 13.2 Å². The molecule has 106 valence electrons. The molecule has 0 aliphatic heterocycles. The first-order chi connectivity index (χ1) is 9.36. The molecule has 5 heteroatoms. The lowest BCUT2D eigenvalue weighted by atomic mass is 10.1. The minimum atomic E-state index is -4.31. The predicted octanol–water partition coefficient (Wildman–Crippen LogP) is 5.53. The SMILES string of the molecule is CC(Nc1ccc(C(F)(F)F)cc1)c1ccc(Cl)cc1. The Morgan fingerprint density at radius 1 is 0.950 bits per heavy atom. The second-order valence-corrected chi connectivity index (χ2v) is 4.93. The fraction of sp³-hybridized carbons (Fsp3) is 0.200. The molecular formula is C15H13ClF3N. The van der Waals surface area contributed by atoms with E-state index in [0.717, 1.165) is 17.7 Å². The average molecular weight is 300 g/mol. The standard InChI is InChI=1S/C15H13ClF3N/c1-10(11-2-6-13(16)7-3-11)20-14-8-4-12(5-9-14)15(17,18)19/h2-10,20H,1H3. The summed E-state index contributed by atoms with van der Waals surface area (Å²) in [5.41, 5.74) is 0.997. The molecule has 0 aromatic heterocycles.